The van der Waals surface area contributed by atoms with E-state index in [-0.39, 0.29) is 11.7 Å². The summed E-state index contributed by atoms with van der Waals surface area (Å²) >= 11 is 0. The van der Waals surface area contributed by atoms with Crippen molar-refractivity contribution in [3.05, 3.63) is 126 Å². The zero-order chi connectivity index (χ0) is 22.2. The molecule has 4 heteroatoms. The zero-order valence-electron chi connectivity index (χ0n) is 17.6. The maximum absolute atomic E-state index is 12.0. The van der Waals surface area contributed by atoms with E-state index in [1.165, 1.54) is 0 Å². The minimum atomic E-state index is 0.0511. The Labute approximate surface area is 187 Å². The Hall–Kier alpha value is -4.18. The van der Waals surface area contributed by atoms with Crippen molar-refractivity contribution in [3.8, 4) is 0 Å². The third kappa shape index (κ3) is 5.10. The molecule has 5 rings (SSSR count). The van der Waals surface area contributed by atoms with Gasteiger partial charge in [-0.3, -0.25) is 4.79 Å². The number of carbonyl (C=O) groups is 1. The lowest BCUT2D eigenvalue weighted by Gasteiger charge is -2.09. The number of ketones is 1. The average molecular weight is 421 g/mol. The van der Waals surface area contributed by atoms with Crippen LogP contribution in [0.15, 0.2) is 114 Å². The van der Waals surface area contributed by atoms with Crippen LogP contribution in [0.4, 0.5) is 11.4 Å². The van der Waals surface area contributed by atoms with E-state index in [1.807, 2.05) is 109 Å². The van der Waals surface area contributed by atoms with E-state index in [4.69, 9.17) is 5.21 Å². The van der Waals surface area contributed by atoms with Crippen molar-refractivity contribution in [2.24, 2.45) is 11.1 Å². The van der Waals surface area contributed by atoms with Crippen LogP contribution in [0.2, 0.25) is 0 Å². The van der Waals surface area contributed by atoms with E-state index < -0.39 is 0 Å². The maximum Gasteiger partial charge on any atom is 0.169 e. The van der Waals surface area contributed by atoms with Crippen LogP contribution in [0, 0.1) is 5.92 Å². The van der Waals surface area contributed by atoms with Crippen molar-refractivity contribution in [1.82, 2.24) is 0 Å². The van der Waals surface area contributed by atoms with Crippen molar-refractivity contribution >= 4 is 28.9 Å². The number of Topliss-reactive ketones (excluding diaryl/α,β-unsaturated/α-hetero) is 1. The molecule has 2 N–H and O–H groups in total. The lowest BCUT2D eigenvalue weighted by Crippen LogP contribution is -2.09. The van der Waals surface area contributed by atoms with Gasteiger partial charge in [-0.15, -0.1) is 0 Å². The quantitative estimate of drug-likeness (QED) is 0.370. The zero-order valence-corrected chi connectivity index (χ0v) is 17.6. The molecule has 1 aliphatic carbocycles. The van der Waals surface area contributed by atoms with Gasteiger partial charge in [-0.2, -0.15) is 0 Å². The lowest BCUT2D eigenvalue weighted by molar-refractivity contribution is 0.0994. The number of hydrogen-bond donors (Lipinski definition) is 2. The molecule has 1 atom stereocenters. The first-order valence-electron chi connectivity index (χ1n) is 10.5. The topological polar surface area (TPSA) is 61.7 Å². The molecule has 0 saturated heterocycles. The Kier molecular flexibility index (Phi) is 6.73. The number of fused-ring (bicyclic) bond motifs is 2. The second kappa shape index (κ2) is 10.2. The highest BCUT2D eigenvalue weighted by atomic mass is 16.4. The van der Waals surface area contributed by atoms with E-state index in [0.717, 1.165) is 28.1 Å². The predicted molar refractivity (Wildman–Crippen MR) is 131 cm³/mol. The molecule has 0 radical (unpaired) electrons. The monoisotopic (exact) mass is 420 g/mol. The number of rotatable bonds is 2. The summed E-state index contributed by atoms with van der Waals surface area (Å²) in [5.41, 5.74) is 5.57. The molecule has 0 aromatic heterocycles. The summed E-state index contributed by atoms with van der Waals surface area (Å²) in [6.45, 7) is 0. The Balaban J connectivity index is 0.000000153. The number of nitrogens with zero attached hydrogens (tertiary/aromatic N) is 1. The fourth-order valence-corrected chi connectivity index (χ4v) is 3.63. The average Bonchev–Trinajstić information content (AvgIpc) is 2.99. The number of anilines is 2. The number of oxime groups is 1. The SMILES string of the molecule is O=C1Cc2ccccc2Nc2ccccc21.ON=C1C=CC=CC1C=Cc1ccccc1. The van der Waals surface area contributed by atoms with Crippen molar-refractivity contribution in [3.63, 3.8) is 0 Å². The first-order chi connectivity index (χ1) is 15.7. The number of para-hydroxylation sites is 2. The standard InChI is InChI=1S/C14H11NO.C14H13NO/c16-14-9-10-5-1-3-7-12(10)15-13-8-4-2-6-11(13)14;16-15-14-9-5-4-8-13(14)11-10-12-6-2-1-3-7-12/h1-8,15H,9H2;1-11,13,16H. The number of hydrogen-bond acceptors (Lipinski definition) is 4. The summed E-state index contributed by atoms with van der Waals surface area (Å²) in [6.07, 6.45) is 12.1. The van der Waals surface area contributed by atoms with Crippen LogP contribution in [-0.4, -0.2) is 16.7 Å². The Morgan fingerprint density at radius 2 is 1.59 bits per heavy atom. The van der Waals surface area contributed by atoms with Gasteiger partial charge in [0.15, 0.2) is 5.78 Å². The van der Waals surface area contributed by atoms with Gasteiger partial charge in [0.1, 0.15) is 0 Å². The molecular formula is C28H24N2O2. The molecule has 32 heavy (non-hydrogen) atoms. The van der Waals surface area contributed by atoms with Crippen LogP contribution < -0.4 is 5.32 Å². The van der Waals surface area contributed by atoms with Crippen molar-refractivity contribution in [1.29, 1.82) is 0 Å². The van der Waals surface area contributed by atoms with Crippen LogP contribution in [0.25, 0.3) is 6.08 Å². The summed E-state index contributed by atoms with van der Waals surface area (Å²) in [4.78, 5) is 12.0. The number of benzene rings is 3. The van der Waals surface area contributed by atoms with Crippen LogP contribution in [0.5, 0.6) is 0 Å². The predicted octanol–water partition coefficient (Wildman–Crippen LogP) is 6.44. The largest absolute Gasteiger partial charge is 0.411 e. The Morgan fingerprint density at radius 1 is 0.875 bits per heavy atom. The van der Waals surface area contributed by atoms with Crippen molar-refractivity contribution in [2.45, 2.75) is 6.42 Å². The van der Waals surface area contributed by atoms with Gasteiger partial charge >= 0.3 is 0 Å². The minimum absolute atomic E-state index is 0.0511. The van der Waals surface area contributed by atoms with Gasteiger partial charge in [0.2, 0.25) is 0 Å². The highest BCUT2D eigenvalue weighted by molar-refractivity contribution is 6.05. The van der Waals surface area contributed by atoms with E-state index in [9.17, 15) is 4.79 Å². The molecule has 2 aliphatic rings. The van der Waals surface area contributed by atoms with Crippen molar-refractivity contribution in [2.75, 3.05) is 5.32 Å². The summed E-state index contributed by atoms with van der Waals surface area (Å²) in [7, 11) is 0. The number of nitrogens with one attached hydrogen (secondary N) is 1. The minimum Gasteiger partial charge on any atom is -0.411 e. The first kappa shape index (κ1) is 21.1. The number of allylic oxidation sites excluding steroid dienone is 5. The van der Waals surface area contributed by atoms with E-state index >= 15 is 0 Å². The van der Waals surface area contributed by atoms with Crippen LogP contribution in [-0.2, 0) is 6.42 Å². The van der Waals surface area contributed by atoms with Gasteiger partial charge in [0, 0.05) is 29.3 Å². The fraction of sp³-hybridized carbons (Fsp3) is 0.0714. The van der Waals surface area contributed by atoms with Crippen LogP contribution in [0.1, 0.15) is 21.5 Å². The molecule has 0 amide bonds. The summed E-state index contributed by atoms with van der Waals surface area (Å²) in [5, 5.41) is 15.4. The fourth-order valence-electron chi connectivity index (χ4n) is 3.63. The van der Waals surface area contributed by atoms with Gasteiger partial charge in [0.25, 0.3) is 0 Å². The first-order valence-corrected chi connectivity index (χ1v) is 10.5. The van der Waals surface area contributed by atoms with E-state index in [1.54, 1.807) is 6.08 Å². The summed E-state index contributed by atoms with van der Waals surface area (Å²) < 4.78 is 0. The molecule has 0 fully saturated rings. The number of carbonyl (C=O) groups excluding carboxylic acids is 1. The Morgan fingerprint density at radius 3 is 2.41 bits per heavy atom. The second-order valence-electron chi connectivity index (χ2n) is 7.49. The Bertz CT molecular complexity index is 1210. The van der Waals surface area contributed by atoms with Gasteiger partial charge in [0.05, 0.1) is 5.71 Å². The van der Waals surface area contributed by atoms with E-state index in [2.05, 4.69) is 10.5 Å². The third-order valence-electron chi connectivity index (χ3n) is 5.31. The molecule has 3 aromatic carbocycles. The summed E-state index contributed by atoms with van der Waals surface area (Å²) in [5.74, 6) is 0.225. The lowest BCUT2D eigenvalue weighted by atomic mass is 9.97. The van der Waals surface area contributed by atoms with Crippen molar-refractivity contribution < 1.29 is 10.0 Å². The maximum atomic E-state index is 12.0. The highest BCUT2D eigenvalue weighted by Gasteiger charge is 2.18. The van der Waals surface area contributed by atoms with Gasteiger partial charge < -0.3 is 10.5 Å². The molecule has 0 bridgehead atoms. The molecular weight excluding hydrogens is 396 g/mol. The van der Waals surface area contributed by atoms with Crippen LogP contribution >= 0.6 is 0 Å². The highest BCUT2D eigenvalue weighted by Crippen LogP contribution is 2.29. The second-order valence-corrected chi connectivity index (χ2v) is 7.49. The van der Waals surface area contributed by atoms with Gasteiger partial charge in [-0.1, -0.05) is 96.2 Å². The normalized spacial score (nSPS) is 17.7. The molecule has 3 aromatic rings. The van der Waals surface area contributed by atoms with Gasteiger partial charge in [-0.25, -0.2) is 0 Å². The molecule has 0 saturated carbocycles. The summed E-state index contributed by atoms with van der Waals surface area (Å²) in [6, 6.07) is 25.6. The molecule has 1 aliphatic heterocycles. The van der Waals surface area contributed by atoms with Gasteiger partial charge in [-0.05, 0) is 35.4 Å². The molecule has 4 nitrogen and oxygen atoms in total. The molecule has 1 unspecified atom stereocenters. The molecule has 158 valence electrons. The smallest absolute Gasteiger partial charge is 0.169 e. The molecule has 1 heterocycles. The third-order valence-corrected chi connectivity index (χ3v) is 5.31. The van der Waals surface area contributed by atoms with E-state index in [0.29, 0.717) is 12.1 Å². The molecule has 0 spiro atoms. The van der Waals surface area contributed by atoms with Crippen LogP contribution in [0.3, 0.4) is 0 Å².